The van der Waals surface area contributed by atoms with Gasteiger partial charge in [-0.15, -0.1) is 0 Å². The summed E-state index contributed by atoms with van der Waals surface area (Å²) < 4.78 is 24.7. The summed E-state index contributed by atoms with van der Waals surface area (Å²) >= 11 is 0. The van der Waals surface area contributed by atoms with Gasteiger partial charge in [0.1, 0.15) is 17.6 Å². The van der Waals surface area contributed by atoms with Crippen LogP contribution in [0.15, 0.2) is 42.5 Å². The Morgan fingerprint density at radius 1 is 1.24 bits per heavy atom. The van der Waals surface area contributed by atoms with Crippen molar-refractivity contribution < 1.29 is 28.4 Å². The Hall–Kier alpha value is -3.69. The predicted molar refractivity (Wildman–Crippen MR) is 119 cm³/mol. The van der Waals surface area contributed by atoms with Gasteiger partial charge in [0, 0.05) is 30.8 Å². The number of carbonyl (C=O) groups is 2. The molecule has 0 aromatic heterocycles. The van der Waals surface area contributed by atoms with E-state index >= 15 is 0 Å². The molecule has 0 aliphatic rings. The summed E-state index contributed by atoms with van der Waals surface area (Å²) in [4.78, 5) is 37.3. The number of carbonyl (C=O) groups excluding carboxylic acids is 2. The van der Waals surface area contributed by atoms with E-state index in [4.69, 9.17) is 9.47 Å². The first kappa shape index (κ1) is 25.6. The maximum absolute atomic E-state index is 14.2. The van der Waals surface area contributed by atoms with Gasteiger partial charge in [0.15, 0.2) is 6.61 Å². The van der Waals surface area contributed by atoms with Crippen molar-refractivity contribution in [2.75, 3.05) is 20.3 Å². The van der Waals surface area contributed by atoms with Gasteiger partial charge >= 0.3 is 5.69 Å². The first-order valence-corrected chi connectivity index (χ1v) is 10.5. The lowest BCUT2D eigenvalue weighted by atomic mass is 10.1. The number of ether oxygens (including phenoxy) is 2. The van der Waals surface area contributed by atoms with Crippen LogP contribution in [0.5, 0.6) is 11.5 Å². The van der Waals surface area contributed by atoms with Gasteiger partial charge in [-0.2, -0.15) is 0 Å². The van der Waals surface area contributed by atoms with Gasteiger partial charge < -0.3 is 19.7 Å². The highest BCUT2D eigenvalue weighted by molar-refractivity contribution is 5.88. The third kappa shape index (κ3) is 7.16. The molecule has 9 nitrogen and oxygen atoms in total. The maximum Gasteiger partial charge on any atom is 0.311 e. The molecule has 1 N–H and O–H groups in total. The third-order valence-electron chi connectivity index (χ3n) is 5.01. The molecule has 2 aromatic rings. The van der Waals surface area contributed by atoms with Gasteiger partial charge in [-0.1, -0.05) is 31.5 Å². The van der Waals surface area contributed by atoms with Gasteiger partial charge in [0.25, 0.3) is 5.91 Å². The monoisotopic (exact) mass is 461 g/mol. The quantitative estimate of drug-likeness (QED) is 0.294. The number of nitro benzene ring substituents is 1. The highest BCUT2D eigenvalue weighted by Crippen LogP contribution is 2.30. The average Bonchev–Trinajstić information content (AvgIpc) is 2.81. The minimum atomic E-state index is -0.871. The van der Waals surface area contributed by atoms with E-state index in [1.807, 2.05) is 6.92 Å². The van der Waals surface area contributed by atoms with E-state index in [9.17, 15) is 24.1 Å². The maximum atomic E-state index is 14.2. The highest BCUT2D eigenvalue weighted by Gasteiger charge is 2.27. The van der Waals surface area contributed by atoms with Crippen LogP contribution in [0.3, 0.4) is 0 Å². The molecular weight excluding hydrogens is 433 g/mol. The van der Waals surface area contributed by atoms with Crippen LogP contribution in [0.1, 0.15) is 32.3 Å². The molecule has 2 amide bonds. The van der Waals surface area contributed by atoms with Crippen LogP contribution in [0.25, 0.3) is 0 Å². The second-order valence-corrected chi connectivity index (χ2v) is 7.31. The van der Waals surface area contributed by atoms with Crippen LogP contribution in [0.2, 0.25) is 0 Å². The number of rotatable bonds is 12. The molecule has 178 valence electrons. The predicted octanol–water partition coefficient (Wildman–Crippen LogP) is 3.45. The van der Waals surface area contributed by atoms with E-state index < -0.39 is 29.3 Å². The molecule has 2 aromatic carbocycles. The number of hydrogen-bond donors (Lipinski definition) is 1. The van der Waals surface area contributed by atoms with Crippen LogP contribution in [-0.4, -0.2) is 47.9 Å². The number of halogens is 1. The summed E-state index contributed by atoms with van der Waals surface area (Å²) in [7, 11) is 1.28. The number of nitrogens with one attached hydrogen (secondary N) is 1. The summed E-state index contributed by atoms with van der Waals surface area (Å²) in [6, 6.07) is 8.99. The summed E-state index contributed by atoms with van der Waals surface area (Å²) in [5, 5.41) is 13.8. The number of unbranched alkanes of at least 4 members (excludes halogenated alkanes) is 1. The fraction of sp³-hybridized carbons (Fsp3) is 0.391. The molecule has 0 saturated heterocycles. The number of nitrogens with zero attached hydrogens (tertiary/aromatic N) is 2. The standard InChI is InChI=1S/C23H28FN3O6/c1-4-5-12-25-23(29)16(2)26(14-17-8-6-7-9-19(17)24)22(28)15-33-18-10-11-20(27(30)31)21(13-18)32-3/h6-11,13,16H,4-5,12,14-15H2,1-3H3,(H,25,29)/t16-/m0/s1. The molecule has 2 rings (SSSR count). The lowest BCUT2D eigenvalue weighted by Gasteiger charge is -2.29. The molecule has 33 heavy (non-hydrogen) atoms. The Kier molecular flexibility index (Phi) is 9.59. The molecule has 0 unspecified atom stereocenters. The van der Waals surface area contributed by atoms with Gasteiger partial charge in [-0.3, -0.25) is 19.7 Å². The zero-order chi connectivity index (χ0) is 24.4. The zero-order valence-corrected chi connectivity index (χ0v) is 18.9. The molecule has 0 heterocycles. The van der Waals surface area contributed by atoms with Crippen LogP contribution in [-0.2, 0) is 16.1 Å². The molecule has 10 heteroatoms. The SMILES string of the molecule is CCCCNC(=O)[C@H](C)N(Cc1ccccc1F)C(=O)COc1ccc([N+](=O)[O-])c(OC)c1. The summed E-state index contributed by atoms with van der Waals surface area (Å²) in [6.07, 6.45) is 1.70. The van der Waals surface area contributed by atoms with Crippen molar-refractivity contribution in [2.24, 2.45) is 0 Å². The third-order valence-corrected chi connectivity index (χ3v) is 5.01. The largest absolute Gasteiger partial charge is 0.490 e. The molecular formula is C23H28FN3O6. The summed E-state index contributed by atoms with van der Waals surface area (Å²) in [6.45, 7) is 3.45. The Morgan fingerprint density at radius 3 is 2.61 bits per heavy atom. The highest BCUT2D eigenvalue weighted by atomic mass is 19.1. The van der Waals surface area contributed by atoms with Crippen molar-refractivity contribution in [3.63, 3.8) is 0 Å². The first-order chi connectivity index (χ1) is 15.8. The molecule has 0 fully saturated rings. The smallest absolute Gasteiger partial charge is 0.311 e. The van der Waals surface area contributed by atoms with E-state index in [1.165, 1.54) is 42.3 Å². The van der Waals surface area contributed by atoms with Crippen molar-refractivity contribution in [1.29, 1.82) is 0 Å². The average molecular weight is 461 g/mol. The van der Waals surface area contributed by atoms with Crippen molar-refractivity contribution in [3.05, 3.63) is 64.0 Å². The van der Waals surface area contributed by atoms with Crippen LogP contribution in [0, 0.1) is 15.9 Å². The Bertz CT molecular complexity index is 984. The van der Waals surface area contributed by atoms with Crippen molar-refractivity contribution >= 4 is 17.5 Å². The summed E-state index contributed by atoms with van der Waals surface area (Å²) in [5.41, 5.74) is 0.0193. The second-order valence-electron chi connectivity index (χ2n) is 7.31. The van der Waals surface area contributed by atoms with E-state index in [-0.39, 0.29) is 35.2 Å². The van der Waals surface area contributed by atoms with Crippen LogP contribution < -0.4 is 14.8 Å². The minimum Gasteiger partial charge on any atom is -0.490 e. The topological polar surface area (TPSA) is 111 Å². The fourth-order valence-corrected chi connectivity index (χ4v) is 3.06. The Balaban J connectivity index is 2.18. The zero-order valence-electron chi connectivity index (χ0n) is 18.9. The van der Waals surface area contributed by atoms with Crippen LogP contribution >= 0.6 is 0 Å². The number of nitro groups is 1. The first-order valence-electron chi connectivity index (χ1n) is 10.5. The molecule has 0 aliphatic heterocycles. The molecule has 0 radical (unpaired) electrons. The van der Waals surface area contributed by atoms with Gasteiger partial charge in [-0.25, -0.2) is 4.39 Å². The number of hydrogen-bond acceptors (Lipinski definition) is 6. The lowest BCUT2D eigenvalue weighted by Crippen LogP contribution is -2.49. The van der Waals surface area contributed by atoms with Crippen molar-refractivity contribution in [3.8, 4) is 11.5 Å². The molecule has 0 aliphatic carbocycles. The number of amides is 2. The van der Waals surface area contributed by atoms with E-state index in [0.717, 1.165) is 12.8 Å². The molecule has 0 bridgehead atoms. The van der Waals surface area contributed by atoms with Gasteiger partial charge in [0.2, 0.25) is 11.7 Å². The number of benzene rings is 2. The van der Waals surface area contributed by atoms with Crippen molar-refractivity contribution in [1.82, 2.24) is 10.2 Å². The number of methoxy groups -OCH3 is 1. The van der Waals surface area contributed by atoms with Crippen molar-refractivity contribution in [2.45, 2.75) is 39.3 Å². The van der Waals surface area contributed by atoms with E-state index in [2.05, 4.69) is 5.32 Å². The Labute approximate surface area is 191 Å². The fourth-order valence-electron chi connectivity index (χ4n) is 3.06. The molecule has 0 spiro atoms. The van der Waals surface area contributed by atoms with E-state index in [0.29, 0.717) is 6.54 Å². The van der Waals surface area contributed by atoms with E-state index in [1.54, 1.807) is 19.1 Å². The summed E-state index contributed by atoms with van der Waals surface area (Å²) in [5.74, 6) is -1.23. The van der Waals surface area contributed by atoms with Gasteiger partial charge in [0.05, 0.1) is 12.0 Å². The minimum absolute atomic E-state index is 0.0168. The lowest BCUT2D eigenvalue weighted by molar-refractivity contribution is -0.385. The van der Waals surface area contributed by atoms with Crippen LogP contribution in [0.4, 0.5) is 10.1 Å². The Morgan fingerprint density at radius 2 is 1.97 bits per heavy atom. The molecule has 1 atom stereocenters. The molecule has 0 saturated carbocycles. The normalized spacial score (nSPS) is 11.4. The van der Waals surface area contributed by atoms with Gasteiger partial charge in [-0.05, 0) is 25.5 Å². The second kappa shape index (κ2) is 12.4.